The van der Waals surface area contributed by atoms with Gasteiger partial charge in [0.1, 0.15) is 5.75 Å². The molecule has 0 fully saturated rings. The van der Waals surface area contributed by atoms with Crippen molar-refractivity contribution in [2.24, 2.45) is 10.7 Å². The third-order valence-electron chi connectivity index (χ3n) is 2.13. The Morgan fingerprint density at radius 2 is 2.06 bits per heavy atom. The molecule has 1 rings (SSSR count). The van der Waals surface area contributed by atoms with Crippen molar-refractivity contribution in [3.63, 3.8) is 0 Å². The molecular formula is C12H18N4O2. The van der Waals surface area contributed by atoms with E-state index in [1.165, 1.54) is 6.92 Å². The zero-order valence-electron chi connectivity index (χ0n) is 10.6. The van der Waals surface area contributed by atoms with Crippen molar-refractivity contribution in [2.75, 3.05) is 25.5 Å². The number of hydrogen-bond acceptors (Lipinski definition) is 3. The van der Waals surface area contributed by atoms with Crippen LogP contribution in [0.5, 0.6) is 5.75 Å². The van der Waals surface area contributed by atoms with E-state index in [4.69, 9.17) is 10.5 Å². The average molecular weight is 250 g/mol. The summed E-state index contributed by atoms with van der Waals surface area (Å²) in [5, 5.41) is 5.57. The smallest absolute Gasteiger partial charge is 0.216 e. The molecule has 0 aromatic heterocycles. The Kier molecular flexibility index (Phi) is 5.50. The number of rotatable bonds is 5. The van der Waals surface area contributed by atoms with Gasteiger partial charge in [-0.15, -0.1) is 0 Å². The summed E-state index contributed by atoms with van der Waals surface area (Å²) >= 11 is 0. The number of guanidine groups is 1. The van der Waals surface area contributed by atoms with E-state index in [1.54, 1.807) is 7.11 Å². The summed E-state index contributed by atoms with van der Waals surface area (Å²) in [7, 11) is 1.61. The lowest BCUT2D eigenvalue weighted by Gasteiger charge is -2.06. The van der Waals surface area contributed by atoms with Crippen LogP contribution in [0.25, 0.3) is 0 Å². The summed E-state index contributed by atoms with van der Waals surface area (Å²) in [5.41, 5.74) is 6.52. The number of amides is 1. The second-order valence-corrected chi connectivity index (χ2v) is 3.60. The summed E-state index contributed by atoms with van der Waals surface area (Å²) in [5.74, 6) is 1.01. The first-order chi connectivity index (χ1) is 8.61. The van der Waals surface area contributed by atoms with Crippen molar-refractivity contribution in [1.82, 2.24) is 5.32 Å². The van der Waals surface area contributed by atoms with Gasteiger partial charge in [-0.2, -0.15) is 0 Å². The van der Waals surface area contributed by atoms with Gasteiger partial charge in [-0.25, -0.2) is 0 Å². The lowest BCUT2D eigenvalue weighted by atomic mass is 10.3. The van der Waals surface area contributed by atoms with E-state index < -0.39 is 0 Å². The third kappa shape index (κ3) is 5.20. The molecule has 0 saturated carbocycles. The summed E-state index contributed by atoms with van der Waals surface area (Å²) in [6.07, 6.45) is 0. The van der Waals surface area contributed by atoms with Crippen molar-refractivity contribution in [3.8, 4) is 5.75 Å². The van der Waals surface area contributed by atoms with E-state index in [2.05, 4.69) is 15.6 Å². The quantitative estimate of drug-likeness (QED) is 0.404. The molecule has 0 aliphatic rings. The number of anilines is 1. The SMILES string of the molecule is COc1ccc(NC(N)=NCCNC(C)=O)cc1. The minimum Gasteiger partial charge on any atom is -0.497 e. The molecule has 0 aliphatic carbocycles. The van der Waals surface area contributed by atoms with Crippen LogP contribution in [0, 0.1) is 0 Å². The summed E-state index contributed by atoms with van der Waals surface area (Å²) in [6, 6.07) is 7.34. The molecule has 1 aromatic carbocycles. The molecule has 1 amide bonds. The maximum atomic E-state index is 10.6. The minimum absolute atomic E-state index is 0.0770. The first kappa shape index (κ1) is 13.8. The fraction of sp³-hybridized carbons (Fsp3) is 0.333. The predicted octanol–water partition coefficient (Wildman–Crippen LogP) is 0.558. The Bertz CT molecular complexity index is 415. The molecule has 18 heavy (non-hydrogen) atoms. The largest absolute Gasteiger partial charge is 0.497 e. The molecule has 98 valence electrons. The Morgan fingerprint density at radius 3 is 2.61 bits per heavy atom. The van der Waals surface area contributed by atoms with Gasteiger partial charge in [0, 0.05) is 19.2 Å². The van der Waals surface area contributed by atoms with E-state index >= 15 is 0 Å². The van der Waals surface area contributed by atoms with Gasteiger partial charge in [0.2, 0.25) is 5.91 Å². The number of methoxy groups -OCH3 is 1. The van der Waals surface area contributed by atoms with Crippen LogP contribution >= 0.6 is 0 Å². The molecule has 1 aromatic rings. The lowest BCUT2D eigenvalue weighted by molar-refractivity contribution is -0.118. The van der Waals surface area contributed by atoms with E-state index in [1.807, 2.05) is 24.3 Å². The maximum Gasteiger partial charge on any atom is 0.216 e. The van der Waals surface area contributed by atoms with E-state index in [-0.39, 0.29) is 5.91 Å². The Labute approximate surface area is 106 Å². The van der Waals surface area contributed by atoms with Crippen LogP contribution in [-0.4, -0.2) is 32.1 Å². The lowest BCUT2D eigenvalue weighted by Crippen LogP contribution is -2.26. The van der Waals surface area contributed by atoms with Gasteiger partial charge in [0.25, 0.3) is 0 Å². The van der Waals surface area contributed by atoms with Crippen LogP contribution in [0.3, 0.4) is 0 Å². The number of aliphatic imine (C=N–C) groups is 1. The third-order valence-corrected chi connectivity index (χ3v) is 2.13. The van der Waals surface area contributed by atoms with E-state index in [0.717, 1.165) is 11.4 Å². The van der Waals surface area contributed by atoms with Crippen molar-refractivity contribution >= 4 is 17.6 Å². The Hall–Kier alpha value is -2.24. The summed E-state index contributed by atoms with van der Waals surface area (Å²) in [6.45, 7) is 2.37. The van der Waals surface area contributed by atoms with Crippen molar-refractivity contribution in [1.29, 1.82) is 0 Å². The monoisotopic (exact) mass is 250 g/mol. The van der Waals surface area contributed by atoms with Crippen LogP contribution < -0.4 is 21.1 Å². The van der Waals surface area contributed by atoms with Crippen LogP contribution in [0.1, 0.15) is 6.92 Å². The van der Waals surface area contributed by atoms with Gasteiger partial charge < -0.3 is 21.1 Å². The number of carbonyl (C=O) groups excluding carboxylic acids is 1. The predicted molar refractivity (Wildman–Crippen MR) is 71.8 cm³/mol. The topological polar surface area (TPSA) is 88.7 Å². The molecule has 6 nitrogen and oxygen atoms in total. The van der Waals surface area contributed by atoms with E-state index in [9.17, 15) is 4.79 Å². The number of nitrogens with two attached hydrogens (primary N) is 1. The van der Waals surface area contributed by atoms with Crippen molar-refractivity contribution in [3.05, 3.63) is 24.3 Å². The van der Waals surface area contributed by atoms with Crippen LogP contribution in [-0.2, 0) is 4.79 Å². The fourth-order valence-corrected chi connectivity index (χ4v) is 1.27. The number of nitrogens with one attached hydrogen (secondary N) is 2. The van der Waals surface area contributed by atoms with Crippen molar-refractivity contribution < 1.29 is 9.53 Å². The van der Waals surface area contributed by atoms with Gasteiger partial charge in [-0.1, -0.05) is 0 Å². The molecule has 0 saturated heterocycles. The minimum atomic E-state index is -0.0770. The zero-order valence-corrected chi connectivity index (χ0v) is 10.6. The molecule has 6 heteroatoms. The highest BCUT2D eigenvalue weighted by Gasteiger charge is 1.96. The van der Waals surface area contributed by atoms with E-state index in [0.29, 0.717) is 19.0 Å². The molecule has 0 atom stereocenters. The number of benzene rings is 1. The highest BCUT2D eigenvalue weighted by Crippen LogP contribution is 2.14. The van der Waals surface area contributed by atoms with Crippen LogP contribution in [0.2, 0.25) is 0 Å². The molecule has 0 aliphatic heterocycles. The normalized spacial score (nSPS) is 10.9. The van der Waals surface area contributed by atoms with Crippen molar-refractivity contribution in [2.45, 2.75) is 6.92 Å². The zero-order chi connectivity index (χ0) is 13.4. The number of hydrogen-bond donors (Lipinski definition) is 3. The fourth-order valence-electron chi connectivity index (χ4n) is 1.27. The van der Waals surface area contributed by atoms with Crippen LogP contribution in [0.15, 0.2) is 29.3 Å². The standard InChI is InChI=1S/C12H18N4O2/c1-9(17)14-7-8-15-12(13)16-10-3-5-11(18-2)6-4-10/h3-6H,7-8H2,1-2H3,(H,14,17)(H3,13,15,16). The Balaban J connectivity index is 2.40. The summed E-state index contributed by atoms with van der Waals surface area (Å²) < 4.78 is 5.05. The van der Waals surface area contributed by atoms with Gasteiger partial charge in [0.05, 0.1) is 13.7 Å². The highest BCUT2D eigenvalue weighted by atomic mass is 16.5. The van der Waals surface area contributed by atoms with Gasteiger partial charge in [-0.05, 0) is 24.3 Å². The first-order valence-electron chi connectivity index (χ1n) is 5.57. The molecule has 0 unspecified atom stereocenters. The second kappa shape index (κ2) is 7.16. The number of ether oxygens (including phenoxy) is 1. The molecule has 0 heterocycles. The number of carbonyl (C=O) groups is 1. The molecular weight excluding hydrogens is 232 g/mol. The highest BCUT2D eigenvalue weighted by molar-refractivity contribution is 5.92. The molecule has 0 spiro atoms. The molecule has 0 bridgehead atoms. The second-order valence-electron chi connectivity index (χ2n) is 3.60. The molecule has 0 radical (unpaired) electrons. The summed E-state index contributed by atoms with van der Waals surface area (Å²) in [4.78, 5) is 14.7. The van der Waals surface area contributed by atoms with Gasteiger partial charge in [-0.3, -0.25) is 9.79 Å². The van der Waals surface area contributed by atoms with Crippen LogP contribution in [0.4, 0.5) is 5.69 Å². The average Bonchev–Trinajstić information content (AvgIpc) is 2.35. The van der Waals surface area contributed by atoms with Gasteiger partial charge >= 0.3 is 0 Å². The number of nitrogens with zero attached hydrogens (tertiary/aromatic N) is 1. The first-order valence-corrected chi connectivity index (χ1v) is 5.57. The maximum absolute atomic E-state index is 10.6. The molecule has 4 N–H and O–H groups in total. The Morgan fingerprint density at radius 1 is 1.39 bits per heavy atom. The van der Waals surface area contributed by atoms with Gasteiger partial charge in [0.15, 0.2) is 5.96 Å².